The molecule has 0 unspecified atom stereocenters. The zero-order valence-electron chi connectivity index (χ0n) is 15.3. The minimum absolute atomic E-state index is 0.715. The summed E-state index contributed by atoms with van der Waals surface area (Å²) in [6.07, 6.45) is 4.02. The van der Waals surface area contributed by atoms with E-state index in [0.29, 0.717) is 5.82 Å². The number of hydrogen-bond acceptors (Lipinski definition) is 4. The number of likely N-dealkylation sites (N-methyl/N-ethyl adjacent to an activating group) is 1. The Morgan fingerprint density at radius 2 is 1.81 bits per heavy atom. The lowest BCUT2D eigenvalue weighted by molar-refractivity contribution is 0.425. The van der Waals surface area contributed by atoms with Gasteiger partial charge in [0.05, 0.1) is 5.52 Å². The van der Waals surface area contributed by atoms with E-state index in [9.17, 15) is 0 Å². The van der Waals surface area contributed by atoms with Crippen LogP contribution in [0.4, 0.5) is 5.82 Å². The van der Waals surface area contributed by atoms with Gasteiger partial charge in [0.25, 0.3) is 0 Å². The molecular weight excluding hydrogens is 435 g/mol. The quantitative estimate of drug-likeness (QED) is 0.545. The van der Waals surface area contributed by atoms with Crippen LogP contribution in [0.15, 0.2) is 42.5 Å². The molecule has 3 rings (SSSR count). The van der Waals surface area contributed by atoms with E-state index in [4.69, 9.17) is 9.97 Å². The van der Waals surface area contributed by atoms with Gasteiger partial charge in [0, 0.05) is 22.0 Å². The number of rotatable bonds is 6. The lowest BCUT2D eigenvalue weighted by atomic mass is 10.1. The van der Waals surface area contributed by atoms with Crippen LogP contribution < -0.4 is 5.32 Å². The van der Waals surface area contributed by atoms with Crippen molar-refractivity contribution in [2.75, 3.05) is 32.5 Å². The molecule has 0 aliphatic rings. The number of nitrogens with zero attached hydrogens (tertiary/aromatic N) is 3. The summed E-state index contributed by atoms with van der Waals surface area (Å²) in [4.78, 5) is 11.6. The molecule has 0 amide bonds. The molecule has 0 atom stereocenters. The second-order valence-electron chi connectivity index (χ2n) is 6.57. The average molecular weight is 458 g/mol. The summed E-state index contributed by atoms with van der Waals surface area (Å²) in [6.45, 7) is 3.88. The molecule has 4 nitrogen and oxygen atoms in total. The Bertz CT molecular complexity index is 917. The van der Waals surface area contributed by atoms with Crippen LogP contribution in [0.2, 0.25) is 0 Å². The number of nitrogens with one attached hydrogen (secondary N) is 1. The first-order valence-corrected chi connectivity index (χ1v) is 9.70. The van der Waals surface area contributed by atoms with Crippen molar-refractivity contribution in [2.24, 2.45) is 0 Å². The Hall–Kier alpha value is -1.99. The van der Waals surface area contributed by atoms with Crippen LogP contribution in [-0.4, -0.2) is 42.1 Å². The van der Waals surface area contributed by atoms with Crippen molar-refractivity contribution < 1.29 is 0 Å². The summed E-state index contributed by atoms with van der Waals surface area (Å²) in [7, 11) is 4.14. The van der Waals surface area contributed by atoms with Gasteiger partial charge in [0.1, 0.15) is 5.82 Å². The maximum absolute atomic E-state index is 4.74. The van der Waals surface area contributed by atoms with Gasteiger partial charge in [0.15, 0.2) is 5.82 Å². The summed E-state index contributed by atoms with van der Waals surface area (Å²) in [5, 5.41) is 4.53. The fourth-order valence-electron chi connectivity index (χ4n) is 2.61. The lowest BCUT2D eigenvalue weighted by Gasteiger charge is -2.13. The third-order valence-electron chi connectivity index (χ3n) is 4.01. The molecule has 0 aliphatic carbocycles. The highest BCUT2D eigenvalue weighted by molar-refractivity contribution is 14.1. The second kappa shape index (κ2) is 8.60. The number of hydrogen-bond donors (Lipinski definition) is 1. The molecule has 26 heavy (non-hydrogen) atoms. The fourth-order valence-corrected chi connectivity index (χ4v) is 2.97. The van der Waals surface area contributed by atoms with Crippen LogP contribution in [0, 0.1) is 10.5 Å². The van der Waals surface area contributed by atoms with Crippen molar-refractivity contribution in [2.45, 2.75) is 6.92 Å². The van der Waals surface area contributed by atoms with Crippen molar-refractivity contribution >= 4 is 51.5 Å². The van der Waals surface area contributed by atoms with E-state index in [0.717, 1.165) is 35.4 Å². The maximum atomic E-state index is 4.74. The monoisotopic (exact) mass is 458 g/mol. The van der Waals surface area contributed by atoms with E-state index in [1.165, 1.54) is 9.13 Å². The summed E-state index contributed by atoms with van der Waals surface area (Å²) in [5.74, 6) is 1.61. The first-order valence-electron chi connectivity index (χ1n) is 8.62. The Morgan fingerprint density at radius 3 is 2.54 bits per heavy atom. The average Bonchev–Trinajstić information content (AvgIpc) is 2.61. The van der Waals surface area contributed by atoms with Gasteiger partial charge in [-0.15, -0.1) is 0 Å². The van der Waals surface area contributed by atoms with E-state index < -0.39 is 0 Å². The van der Waals surface area contributed by atoms with Gasteiger partial charge in [-0.1, -0.05) is 29.8 Å². The molecular formula is C21H23IN4. The highest BCUT2D eigenvalue weighted by Crippen LogP contribution is 2.22. The number of anilines is 1. The Kier molecular flexibility index (Phi) is 6.21. The number of aryl methyl sites for hydroxylation is 1. The van der Waals surface area contributed by atoms with Crippen molar-refractivity contribution in [1.82, 2.24) is 14.9 Å². The molecule has 0 spiro atoms. The molecule has 0 saturated heterocycles. The second-order valence-corrected chi connectivity index (χ2v) is 7.81. The SMILES string of the molecule is Cc1ccc2nc(/C=C/c3ccc(I)cc3)nc(NCCN(C)C)c2c1. The topological polar surface area (TPSA) is 41.1 Å². The van der Waals surface area contributed by atoms with Gasteiger partial charge in [0.2, 0.25) is 0 Å². The predicted molar refractivity (Wildman–Crippen MR) is 119 cm³/mol. The van der Waals surface area contributed by atoms with E-state index >= 15 is 0 Å². The molecule has 134 valence electrons. The largest absolute Gasteiger partial charge is 0.368 e. The van der Waals surface area contributed by atoms with Crippen LogP contribution in [0.3, 0.4) is 0 Å². The summed E-state index contributed by atoms with van der Waals surface area (Å²) >= 11 is 2.31. The van der Waals surface area contributed by atoms with Gasteiger partial charge in [-0.3, -0.25) is 0 Å². The third kappa shape index (κ3) is 5.02. The van der Waals surface area contributed by atoms with Crippen LogP contribution >= 0.6 is 22.6 Å². The van der Waals surface area contributed by atoms with Crippen LogP contribution in [0.5, 0.6) is 0 Å². The maximum Gasteiger partial charge on any atom is 0.154 e. The summed E-state index contributed by atoms with van der Waals surface area (Å²) in [6, 6.07) is 14.7. The molecule has 0 saturated carbocycles. The highest BCUT2D eigenvalue weighted by Gasteiger charge is 2.07. The molecule has 1 aromatic heterocycles. The van der Waals surface area contributed by atoms with Crippen LogP contribution in [0.25, 0.3) is 23.1 Å². The molecule has 3 aromatic rings. The van der Waals surface area contributed by atoms with Crippen molar-refractivity contribution in [1.29, 1.82) is 0 Å². The zero-order chi connectivity index (χ0) is 18.5. The summed E-state index contributed by atoms with van der Waals surface area (Å²) < 4.78 is 1.23. The van der Waals surface area contributed by atoms with Gasteiger partial charge < -0.3 is 10.2 Å². The Balaban J connectivity index is 1.92. The van der Waals surface area contributed by atoms with E-state index in [2.05, 4.69) is 102 Å². The van der Waals surface area contributed by atoms with Gasteiger partial charge >= 0.3 is 0 Å². The van der Waals surface area contributed by atoms with Crippen LogP contribution in [-0.2, 0) is 0 Å². The van der Waals surface area contributed by atoms with Crippen molar-refractivity contribution in [3.8, 4) is 0 Å². The van der Waals surface area contributed by atoms with Gasteiger partial charge in [-0.2, -0.15) is 0 Å². The van der Waals surface area contributed by atoms with Crippen LogP contribution in [0.1, 0.15) is 17.0 Å². The van der Waals surface area contributed by atoms with Crippen molar-refractivity contribution in [3.63, 3.8) is 0 Å². The minimum Gasteiger partial charge on any atom is -0.368 e. The predicted octanol–water partition coefficient (Wildman–Crippen LogP) is 4.69. The molecule has 0 fully saturated rings. The molecule has 1 N–H and O–H groups in total. The molecule has 0 aliphatic heterocycles. The molecule has 0 radical (unpaired) electrons. The first-order chi connectivity index (χ1) is 12.5. The fraction of sp³-hybridized carbons (Fsp3) is 0.238. The number of benzene rings is 2. The number of fused-ring (bicyclic) bond motifs is 1. The number of halogens is 1. The first kappa shape index (κ1) is 18.8. The molecule has 0 bridgehead atoms. The van der Waals surface area contributed by atoms with E-state index in [1.807, 2.05) is 6.08 Å². The normalized spacial score (nSPS) is 11.6. The molecule has 2 aromatic carbocycles. The zero-order valence-corrected chi connectivity index (χ0v) is 17.5. The van der Waals surface area contributed by atoms with Gasteiger partial charge in [-0.05, 0) is 79.5 Å². The molecule has 5 heteroatoms. The standard InChI is InChI=1S/C21H23IN4/c1-15-4-10-19-18(14-15)21(23-12-13-26(2)3)25-20(24-19)11-7-16-5-8-17(22)9-6-16/h4-11,14H,12-13H2,1-3H3,(H,23,24,25)/b11-7+. The molecule has 1 heterocycles. The van der Waals surface area contributed by atoms with Crippen molar-refractivity contribution in [3.05, 3.63) is 63.0 Å². The van der Waals surface area contributed by atoms with Gasteiger partial charge in [-0.25, -0.2) is 9.97 Å². The minimum atomic E-state index is 0.715. The summed E-state index contributed by atoms with van der Waals surface area (Å²) in [5.41, 5.74) is 3.30. The van der Waals surface area contributed by atoms with E-state index in [1.54, 1.807) is 0 Å². The number of aromatic nitrogens is 2. The third-order valence-corrected chi connectivity index (χ3v) is 4.73. The highest BCUT2D eigenvalue weighted by atomic mass is 127. The lowest BCUT2D eigenvalue weighted by Crippen LogP contribution is -2.21. The smallest absolute Gasteiger partial charge is 0.154 e. The Labute approximate surface area is 168 Å². The Morgan fingerprint density at radius 1 is 1.04 bits per heavy atom. The van der Waals surface area contributed by atoms with E-state index in [-0.39, 0.29) is 0 Å².